The molecule has 1 aromatic carbocycles. The van der Waals surface area contributed by atoms with Gasteiger partial charge in [0.05, 0.1) is 16.9 Å². The lowest BCUT2D eigenvalue weighted by Gasteiger charge is -2.22. The van der Waals surface area contributed by atoms with Gasteiger partial charge in [-0.2, -0.15) is 0 Å². The molecule has 0 saturated carbocycles. The Bertz CT molecular complexity index is 1150. The number of hydrogen-bond donors (Lipinski definition) is 0. The second kappa shape index (κ2) is 8.04. The number of hydrogen-bond acceptors (Lipinski definition) is 5. The first kappa shape index (κ1) is 18.5. The molecule has 0 saturated heterocycles. The third kappa shape index (κ3) is 4.18. The van der Waals surface area contributed by atoms with Crippen molar-refractivity contribution in [1.29, 1.82) is 0 Å². The minimum Gasteiger partial charge on any atom is -0.288 e. The van der Waals surface area contributed by atoms with E-state index in [9.17, 15) is 4.79 Å². The Morgan fingerprint density at radius 3 is 2.61 bits per heavy atom. The van der Waals surface area contributed by atoms with Crippen molar-refractivity contribution >= 4 is 17.0 Å². The van der Waals surface area contributed by atoms with Gasteiger partial charge < -0.3 is 0 Å². The molecule has 3 aromatic heterocycles. The number of rotatable bonds is 6. The molecular formula is C22H22N4OS. The lowest BCUT2D eigenvalue weighted by Crippen LogP contribution is -2.25. The van der Waals surface area contributed by atoms with E-state index < -0.39 is 0 Å². The van der Waals surface area contributed by atoms with Crippen LogP contribution in [0.2, 0.25) is 0 Å². The Labute approximate surface area is 167 Å². The van der Waals surface area contributed by atoms with Crippen molar-refractivity contribution in [3.63, 3.8) is 0 Å². The molecule has 0 atom stereocenters. The van der Waals surface area contributed by atoms with Crippen molar-refractivity contribution in [3.05, 3.63) is 98.0 Å². The Morgan fingerprint density at radius 2 is 1.86 bits per heavy atom. The highest BCUT2D eigenvalue weighted by Gasteiger charge is 2.13. The summed E-state index contributed by atoms with van der Waals surface area (Å²) in [4.78, 5) is 25.2. The largest absolute Gasteiger partial charge is 0.288 e. The molecule has 0 spiro atoms. The second-order valence-electron chi connectivity index (χ2n) is 7.01. The summed E-state index contributed by atoms with van der Waals surface area (Å²) in [5.41, 5.74) is 6.70. The van der Waals surface area contributed by atoms with Gasteiger partial charge in [-0.25, -0.2) is 9.97 Å². The molecule has 28 heavy (non-hydrogen) atoms. The number of benzene rings is 1. The first-order valence-corrected chi connectivity index (χ1v) is 10.1. The summed E-state index contributed by atoms with van der Waals surface area (Å²) >= 11 is 1.67. The van der Waals surface area contributed by atoms with E-state index in [1.807, 2.05) is 37.6 Å². The average molecular weight is 391 g/mol. The van der Waals surface area contributed by atoms with Crippen molar-refractivity contribution in [2.24, 2.45) is 0 Å². The normalized spacial score (nSPS) is 11.4. The van der Waals surface area contributed by atoms with Crippen LogP contribution in [0.25, 0.3) is 5.65 Å². The first-order chi connectivity index (χ1) is 13.6. The van der Waals surface area contributed by atoms with Crippen LogP contribution in [0.5, 0.6) is 0 Å². The van der Waals surface area contributed by atoms with Gasteiger partial charge in [-0.1, -0.05) is 30.3 Å². The SMILES string of the molecule is Cc1ccn2c(=O)cc(CN(Cc3ccccc3)Cc3scnc3C)nc2c1. The van der Waals surface area contributed by atoms with E-state index in [1.165, 1.54) is 10.4 Å². The molecular weight excluding hydrogens is 368 g/mol. The van der Waals surface area contributed by atoms with E-state index in [2.05, 4.69) is 34.1 Å². The van der Waals surface area contributed by atoms with E-state index in [-0.39, 0.29) is 5.56 Å². The van der Waals surface area contributed by atoms with Crippen LogP contribution in [0.15, 0.2) is 65.0 Å². The molecule has 0 aliphatic rings. The van der Waals surface area contributed by atoms with E-state index in [0.29, 0.717) is 12.2 Å². The molecule has 0 fully saturated rings. The van der Waals surface area contributed by atoms with Crippen LogP contribution in [0, 0.1) is 13.8 Å². The number of nitrogens with zero attached hydrogens (tertiary/aromatic N) is 4. The molecule has 0 bridgehead atoms. The summed E-state index contributed by atoms with van der Waals surface area (Å²) in [6.07, 6.45) is 1.78. The molecule has 0 amide bonds. The molecule has 0 aliphatic carbocycles. The highest BCUT2D eigenvalue weighted by Crippen LogP contribution is 2.18. The third-order valence-electron chi connectivity index (χ3n) is 4.72. The number of thiazole rings is 1. The summed E-state index contributed by atoms with van der Waals surface area (Å²) in [6, 6.07) is 15.9. The Kier molecular flexibility index (Phi) is 5.32. The van der Waals surface area contributed by atoms with Crippen molar-refractivity contribution in [3.8, 4) is 0 Å². The van der Waals surface area contributed by atoms with Gasteiger partial charge in [0, 0.05) is 36.8 Å². The number of pyridine rings is 1. The number of aryl methyl sites for hydroxylation is 2. The van der Waals surface area contributed by atoms with E-state index in [0.717, 1.165) is 30.0 Å². The molecule has 4 aromatic rings. The summed E-state index contributed by atoms with van der Waals surface area (Å²) in [5, 5.41) is 0. The van der Waals surface area contributed by atoms with Crippen molar-refractivity contribution in [2.45, 2.75) is 33.5 Å². The zero-order valence-electron chi connectivity index (χ0n) is 16.0. The van der Waals surface area contributed by atoms with Crippen LogP contribution in [0.4, 0.5) is 0 Å². The summed E-state index contributed by atoms with van der Waals surface area (Å²) in [7, 11) is 0. The van der Waals surface area contributed by atoms with Crippen LogP contribution in [0.3, 0.4) is 0 Å². The van der Waals surface area contributed by atoms with Crippen LogP contribution in [0.1, 0.15) is 27.4 Å². The number of fused-ring (bicyclic) bond motifs is 1. The lowest BCUT2D eigenvalue weighted by atomic mass is 10.2. The summed E-state index contributed by atoms with van der Waals surface area (Å²) in [5.74, 6) is 0. The molecule has 0 radical (unpaired) electrons. The van der Waals surface area contributed by atoms with Gasteiger partial charge in [0.2, 0.25) is 0 Å². The molecule has 142 valence electrons. The van der Waals surface area contributed by atoms with Crippen molar-refractivity contribution in [2.75, 3.05) is 0 Å². The van der Waals surface area contributed by atoms with E-state index >= 15 is 0 Å². The zero-order valence-corrected chi connectivity index (χ0v) is 16.8. The third-order valence-corrected chi connectivity index (χ3v) is 5.64. The van der Waals surface area contributed by atoms with Crippen LogP contribution in [-0.2, 0) is 19.6 Å². The maximum atomic E-state index is 12.5. The zero-order chi connectivity index (χ0) is 19.5. The molecule has 6 heteroatoms. The quantitative estimate of drug-likeness (QED) is 0.500. The van der Waals surface area contributed by atoms with Crippen LogP contribution < -0.4 is 5.56 Å². The van der Waals surface area contributed by atoms with Gasteiger partial charge in [-0.15, -0.1) is 11.3 Å². The average Bonchev–Trinajstić information content (AvgIpc) is 3.07. The monoisotopic (exact) mass is 390 g/mol. The van der Waals surface area contributed by atoms with Crippen molar-refractivity contribution in [1.82, 2.24) is 19.3 Å². The summed E-state index contributed by atoms with van der Waals surface area (Å²) < 4.78 is 1.59. The molecule has 5 nitrogen and oxygen atoms in total. The molecule has 4 rings (SSSR count). The second-order valence-corrected chi connectivity index (χ2v) is 7.95. The predicted molar refractivity (Wildman–Crippen MR) is 112 cm³/mol. The molecule has 3 heterocycles. The van der Waals surface area contributed by atoms with Crippen molar-refractivity contribution < 1.29 is 0 Å². The highest BCUT2D eigenvalue weighted by molar-refractivity contribution is 7.09. The molecule has 0 aliphatic heterocycles. The minimum absolute atomic E-state index is 0.0476. The fourth-order valence-corrected chi connectivity index (χ4v) is 4.07. The van der Waals surface area contributed by atoms with Gasteiger partial charge >= 0.3 is 0 Å². The highest BCUT2D eigenvalue weighted by atomic mass is 32.1. The first-order valence-electron chi connectivity index (χ1n) is 9.23. The number of aromatic nitrogens is 3. The Morgan fingerprint density at radius 1 is 1.04 bits per heavy atom. The fourth-order valence-electron chi connectivity index (χ4n) is 3.25. The van der Waals surface area contributed by atoms with Gasteiger partial charge in [-0.05, 0) is 37.1 Å². The fraction of sp³-hybridized carbons (Fsp3) is 0.227. The Balaban J connectivity index is 1.65. The smallest absolute Gasteiger partial charge is 0.258 e. The molecule has 0 N–H and O–H groups in total. The van der Waals surface area contributed by atoms with Gasteiger partial charge in [0.1, 0.15) is 5.65 Å². The van der Waals surface area contributed by atoms with Crippen LogP contribution >= 0.6 is 11.3 Å². The maximum absolute atomic E-state index is 12.5. The lowest BCUT2D eigenvalue weighted by molar-refractivity contribution is 0.246. The van der Waals surface area contributed by atoms with Gasteiger partial charge in [-0.3, -0.25) is 14.1 Å². The van der Waals surface area contributed by atoms with E-state index in [1.54, 1.807) is 28.0 Å². The van der Waals surface area contributed by atoms with Gasteiger partial charge in [0.25, 0.3) is 5.56 Å². The topological polar surface area (TPSA) is 50.5 Å². The maximum Gasteiger partial charge on any atom is 0.258 e. The van der Waals surface area contributed by atoms with Gasteiger partial charge in [0.15, 0.2) is 0 Å². The summed E-state index contributed by atoms with van der Waals surface area (Å²) in [6.45, 7) is 6.21. The van der Waals surface area contributed by atoms with Crippen LogP contribution in [-0.4, -0.2) is 19.3 Å². The standard InChI is InChI=1S/C22H22N4OS/c1-16-8-9-26-21(10-16)24-19(11-22(26)27)13-25(12-18-6-4-3-5-7-18)14-20-17(2)23-15-28-20/h3-11,15H,12-14H2,1-2H3. The predicted octanol–water partition coefficient (Wildman–Crippen LogP) is 3.97. The Hall–Kier alpha value is -2.83. The molecule has 0 unspecified atom stereocenters. The van der Waals surface area contributed by atoms with E-state index in [4.69, 9.17) is 4.98 Å². The minimum atomic E-state index is -0.0476.